The number of aryl methyl sites for hydroxylation is 3. The molecular weight excluding hydrogens is 364 g/mol. The molecule has 2 aromatic rings. The van der Waals surface area contributed by atoms with Crippen LogP contribution in [0, 0.1) is 0 Å². The third-order valence-corrected chi connectivity index (χ3v) is 5.39. The van der Waals surface area contributed by atoms with E-state index in [1.54, 1.807) is 18.4 Å². The van der Waals surface area contributed by atoms with Gasteiger partial charge in [-0.3, -0.25) is 4.79 Å². The fourth-order valence-corrected chi connectivity index (χ4v) is 4.20. The molecule has 22 heavy (non-hydrogen) atoms. The highest BCUT2D eigenvalue weighted by atomic mass is 79.9. The zero-order valence-corrected chi connectivity index (χ0v) is 14.7. The van der Waals surface area contributed by atoms with Gasteiger partial charge >= 0.3 is 0 Å². The number of nitrogens with one attached hydrogen (secondary N) is 1. The van der Waals surface area contributed by atoms with Crippen LogP contribution in [-0.4, -0.2) is 18.0 Å². The van der Waals surface area contributed by atoms with E-state index in [0.29, 0.717) is 12.8 Å². The quantitative estimate of drug-likeness (QED) is 0.853. The summed E-state index contributed by atoms with van der Waals surface area (Å²) in [4.78, 5) is 17.9. The second-order valence-corrected chi connectivity index (χ2v) is 7.20. The van der Waals surface area contributed by atoms with Crippen LogP contribution in [0.15, 0.2) is 22.7 Å². The molecule has 3 rings (SSSR count). The molecule has 1 aliphatic rings. The fourth-order valence-electron chi connectivity index (χ4n) is 2.55. The maximum absolute atomic E-state index is 12.0. The van der Waals surface area contributed by atoms with E-state index in [-0.39, 0.29) is 5.91 Å². The lowest BCUT2D eigenvalue weighted by Gasteiger charge is -2.06. The summed E-state index contributed by atoms with van der Waals surface area (Å²) < 4.78 is 6.11. The molecule has 0 unspecified atom stereocenters. The average molecular weight is 381 g/mol. The summed E-state index contributed by atoms with van der Waals surface area (Å²) in [5, 5.41) is 3.65. The number of aromatic nitrogens is 1. The van der Waals surface area contributed by atoms with Crippen molar-refractivity contribution in [2.24, 2.45) is 0 Å². The van der Waals surface area contributed by atoms with E-state index in [4.69, 9.17) is 4.74 Å². The number of hydrogen-bond acceptors (Lipinski definition) is 4. The molecule has 0 saturated heterocycles. The predicted molar refractivity (Wildman–Crippen MR) is 91.8 cm³/mol. The Kier molecular flexibility index (Phi) is 4.78. The Bertz CT molecular complexity index is 678. The highest BCUT2D eigenvalue weighted by molar-refractivity contribution is 9.10. The van der Waals surface area contributed by atoms with Crippen LogP contribution in [0.1, 0.15) is 29.0 Å². The molecule has 0 saturated carbocycles. The normalized spacial score (nSPS) is 13.0. The lowest BCUT2D eigenvalue weighted by atomic mass is 10.1. The van der Waals surface area contributed by atoms with Gasteiger partial charge in [-0.25, -0.2) is 4.98 Å². The van der Waals surface area contributed by atoms with Gasteiger partial charge in [-0.2, -0.15) is 0 Å². The molecule has 1 amide bonds. The van der Waals surface area contributed by atoms with Crippen molar-refractivity contribution < 1.29 is 9.53 Å². The van der Waals surface area contributed by atoms with Crippen LogP contribution >= 0.6 is 27.3 Å². The van der Waals surface area contributed by atoms with Gasteiger partial charge in [0.1, 0.15) is 5.75 Å². The third kappa shape index (κ3) is 3.50. The Morgan fingerprint density at radius 3 is 3.05 bits per heavy atom. The van der Waals surface area contributed by atoms with E-state index in [9.17, 15) is 4.79 Å². The molecule has 0 aliphatic heterocycles. The Labute approximate surface area is 142 Å². The van der Waals surface area contributed by atoms with E-state index < -0.39 is 0 Å². The summed E-state index contributed by atoms with van der Waals surface area (Å²) in [6.07, 6.45) is 4.47. The van der Waals surface area contributed by atoms with Crippen molar-refractivity contribution in [2.75, 3.05) is 12.4 Å². The van der Waals surface area contributed by atoms with Gasteiger partial charge in [0.2, 0.25) is 5.91 Å². The molecule has 1 aliphatic carbocycles. The van der Waals surface area contributed by atoms with Gasteiger partial charge in [-0.15, -0.1) is 11.3 Å². The first kappa shape index (κ1) is 15.5. The van der Waals surface area contributed by atoms with Crippen LogP contribution < -0.4 is 10.1 Å². The predicted octanol–water partition coefficient (Wildman–Crippen LogP) is 3.97. The number of rotatable bonds is 5. The molecule has 0 bridgehead atoms. The molecule has 1 aromatic heterocycles. The number of hydrogen-bond donors (Lipinski definition) is 1. The molecule has 6 heteroatoms. The van der Waals surface area contributed by atoms with E-state index in [1.807, 2.05) is 18.2 Å². The van der Waals surface area contributed by atoms with Crippen molar-refractivity contribution in [3.05, 3.63) is 38.8 Å². The summed E-state index contributed by atoms with van der Waals surface area (Å²) in [6, 6.07) is 5.88. The summed E-state index contributed by atoms with van der Waals surface area (Å²) in [5.74, 6) is 0.810. The van der Waals surface area contributed by atoms with E-state index >= 15 is 0 Å². The van der Waals surface area contributed by atoms with Crippen molar-refractivity contribution >= 4 is 38.3 Å². The first-order valence-electron chi connectivity index (χ1n) is 7.26. The molecule has 1 N–H and O–H groups in total. The number of nitrogens with zero attached hydrogens (tertiary/aromatic N) is 1. The number of halogens is 1. The van der Waals surface area contributed by atoms with Gasteiger partial charge in [-0.05, 0) is 59.3 Å². The summed E-state index contributed by atoms with van der Waals surface area (Å²) in [7, 11) is 1.64. The van der Waals surface area contributed by atoms with Gasteiger partial charge in [0.15, 0.2) is 5.13 Å². The van der Waals surface area contributed by atoms with E-state index in [2.05, 4.69) is 26.2 Å². The van der Waals surface area contributed by atoms with Crippen molar-refractivity contribution in [3.63, 3.8) is 0 Å². The Hall–Kier alpha value is -1.40. The zero-order chi connectivity index (χ0) is 15.5. The van der Waals surface area contributed by atoms with Crippen LogP contribution in [-0.2, 0) is 24.1 Å². The number of carbonyl (C=O) groups excluding carboxylic acids is 1. The second-order valence-electron chi connectivity index (χ2n) is 5.26. The average Bonchev–Trinajstić information content (AvgIpc) is 3.06. The molecule has 0 spiro atoms. The number of carbonyl (C=O) groups is 1. The number of amides is 1. The first-order chi connectivity index (χ1) is 10.7. The number of thiazole rings is 1. The van der Waals surface area contributed by atoms with E-state index in [0.717, 1.165) is 33.8 Å². The molecule has 0 fully saturated rings. The lowest BCUT2D eigenvalue weighted by Crippen LogP contribution is -2.12. The molecule has 0 radical (unpaired) electrons. The Morgan fingerprint density at radius 2 is 2.32 bits per heavy atom. The van der Waals surface area contributed by atoms with Gasteiger partial charge in [0.25, 0.3) is 0 Å². The Morgan fingerprint density at radius 1 is 1.45 bits per heavy atom. The Balaban J connectivity index is 1.54. The third-order valence-electron chi connectivity index (χ3n) is 3.70. The number of methoxy groups -OCH3 is 1. The van der Waals surface area contributed by atoms with E-state index in [1.165, 1.54) is 17.0 Å². The minimum atomic E-state index is 0.0133. The molecular formula is C16H17BrN2O2S. The SMILES string of the molecule is COc1ccc(CCC(=O)Nc2nc3c(s2)CCC3)cc1Br. The number of benzene rings is 1. The summed E-state index contributed by atoms with van der Waals surface area (Å²) >= 11 is 5.07. The van der Waals surface area contributed by atoms with Crippen LogP contribution in [0.2, 0.25) is 0 Å². The van der Waals surface area contributed by atoms with Crippen LogP contribution in [0.5, 0.6) is 5.75 Å². The highest BCUT2D eigenvalue weighted by Crippen LogP contribution is 2.30. The minimum Gasteiger partial charge on any atom is -0.496 e. The molecule has 116 valence electrons. The molecule has 1 heterocycles. The lowest BCUT2D eigenvalue weighted by molar-refractivity contribution is -0.116. The number of ether oxygens (including phenoxy) is 1. The monoisotopic (exact) mass is 380 g/mol. The fraction of sp³-hybridized carbons (Fsp3) is 0.375. The smallest absolute Gasteiger partial charge is 0.226 e. The van der Waals surface area contributed by atoms with Gasteiger partial charge in [-0.1, -0.05) is 6.07 Å². The zero-order valence-electron chi connectivity index (χ0n) is 12.3. The summed E-state index contributed by atoms with van der Waals surface area (Å²) in [5.41, 5.74) is 2.27. The molecule has 1 aromatic carbocycles. The maximum Gasteiger partial charge on any atom is 0.226 e. The van der Waals surface area contributed by atoms with Crippen molar-refractivity contribution in [3.8, 4) is 5.75 Å². The van der Waals surface area contributed by atoms with Crippen molar-refractivity contribution in [1.82, 2.24) is 4.98 Å². The highest BCUT2D eigenvalue weighted by Gasteiger charge is 2.17. The van der Waals surface area contributed by atoms with Gasteiger partial charge in [0, 0.05) is 11.3 Å². The van der Waals surface area contributed by atoms with Crippen molar-refractivity contribution in [2.45, 2.75) is 32.1 Å². The number of anilines is 1. The topological polar surface area (TPSA) is 51.2 Å². The minimum absolute atomic E-state index is 0.0133. The first-order valence-corrected chi connectivity index (χ1v) is 8.87. The molecule has 4 nitrogen and oxygen atoms in total. The largest absolute Gasteiger partial charge is 0.496 e. The van der Waals surface area contributed by atoms with Gasteiger partial charge < -0.3 is 10.1 Å². The van der Waals surface area contributed by atoms with Crippen LogP contribution in [0.3, 0.4) is 0 Å². The van der Waals surface area contributed by atoms with Crippen LogP contribution in [0.4, 0.5) is 5.13 Å². The van der Waals surface area contributed by atoms with Crippen molar-refractivity contribution in [1.29, 1.82) is 0 Å². The maximum atomic E-state index is 12.0. The summed E-state index contributed by atoms with van der Waals surface area (Å²) in [6.45, 7) is 0. The number of fused-ring (bicyclic) bond motifs is 1. The van der Waals surface area contributed by atoms with Gasteiger partial charge in [0.05, 0.1) is 17.3 Å². The second kappa shape index (κ2) is 6.79. The van der Waals surface area contributed by atoms with Crippen LogP contribution in [0.25, 0.3) is 0 Å². The molecule has 0 atom stereocenters. The standard InChI is InChI=1S/C16H17BrN2O2S/c1-21-13-7-5-10(9-11(13)17)6-8-15(20)19-16-18-12-3-2-4-14(12)22-16/h5,7,9H,2-4,6,8H2,1H3,(H,18,19,20).